The van der Waals surface area contributed by atoms with Crippen LogP contribution in [0.3, 0.4) is 0 Å². The summed E-state index contributed by atoms with van der Waals surface area (Å²) in [5.74, 6) is 1.38. The molecule has 2 aromatic carbocycles. The summed E-state index contributed by atoms with van der Waals surface area (Å²) >= 11 is 0. The molecule has 0 aliphatic heterocycles. The van der Waals surface area contributed by atoms with Crippen LogP contribution in [-0.4, -0.2) is 24.6 Å². The lowest BCUT2D eigenvalue weighted by molar-refractivity contribution is 1.03. The van der Waals surface area contributed by atoms with E-state index >= 15 is 0 Å². The molecule has 6 heteroatoms. The number of rotatable bonds is 4. The SMILES string of the molecule is Cc1cc(Nc2nc(-c3ccccc3)cc3nc(-c4ccccc4)cn23)n[nH]1. The van der Waals surface area contributed by atoms with Gasteiger partial charge < -0.3 is 5.32 Å². The number of anilines is 2. The number of imidazole rings is 1. The molecule has 136 valence electrons. The third-order valence-electron chi connectivity index (χ3n) is 4.54. The van der Waals surface area contributed by atoms with Gasteiger partial charge in [-0.2, -0.15) is 5.10 Å². The van der Waals surface area contributed by atoms with Crippen LogP contribution in [0.15, 0.2) is 79.0 Å². The number of benzene rings is 2. The molecule has 0 radical (unpaired) electrons. The van der Waals surface area contributed by atoms with E-state index in [0.717, 1.165) is 33.9 Å². The first-order valence-corrected chi connectivity index (χ1v) is 9.06. The molecule has 6 nitrogen and oxygen atoms in total. The summed E-state index contributed by atoms with van der Waals surface area (Å²) in [7, 11) is 0. The van der Waals surface area contributed by atoms with E-state index in [0.29, 0.717) is 11.8 Å². The Hall–Kier alpha value is -3.93. The van der Waals surface area contributed by atoms with E-state index in [1.165, 1.54) is 0 Å². The fourth-order valence-corrected chi connectivity index (χ4v) is 3.18. The fourth-order valence-electron chi connectivity index (χ4n) is 3.18. The Morgan fingerprint density at radius 2 is 1.50 bits per heavy atom. The highest BCUT2D eigenvalue weighted by atomic mass is 15.3. The van der Waals surface area contributed by atoms with Gasteiger partial charge in [0.15, 0.2) is 5.82 Å². The maximum Gasteiger partial charge on any atom is 0.215 e. The van der Waals surface area contributed by atoms with Crippen molar-refractivity contribution in [1.29, 1.82) is 0 Å². The van der Waals surface area contributed by atoms with Crippen molar-refractivity contribution in [1.82, 2.24) is 24.6 Å². The Labute approximate surface area is 161 Å². The summed E-state index contributed by atoms with van der Waals surface area (Å²) in [5.41, 5.74) is 5.66. The van der Waals surface area contributed by atoms with Crippen LogP contribution in [0.5, 0.6) is 0 Å². The van der Waals surface area contributed by atoms with Gasteiger partial charge in [0.2, 0.25) is 5.95 Å². The average molecular weight is 366 g/mol. The second-order valence-electron chi connectivity index (χ2n) is 6.61. The van der Waals surface area contributed by atoms with Gasteiger partial charge in [0.1, 0.15) is 5.65 Å². The lowest BCUT2D eigenvalue weighted by Gasteiger charge is -2.08. The third-order valence-corrected chi connectivity index (χ3v) is 4.54. The minimum Gasteiger partial charge on any atom is -0.308 e. The van der Waals surface area contributed by atoms with Crippen molar-refractivity contribution in [2.75, 3.05) is 5.32 Å². The minimum atomic E-state index is 0.664. The molecular weight excluding hydrogens is 348 g/mol. The number of aromatic amines is 1. The van der Waals surface area contributed by atoms with Crippen LogP contribution in [0.2, 0.25) is 0 Å². The zero-order chi connectivity index (χ0) is 18.9. The summed E-state index contributed by atoms with van der Waals surface area (Å²) in [5, 5.41) is 10.5. The van der Waals surface area contributed by atoms with E-state index in [1.807, 2.05) is 78.2 Å². The predicted octanol–water partition coefficient (Wildman–Crippen LogP) is 4.84. The number of hydrogen-bond donors (Lipinski definition) is 2. The molecule has 0 saturated heterocycles. The Morgan fingerprint density at radius 1 is 0.821 bits per heavy atom. The molecule has 0 bridgehead atoms. The summed E-state index contributed by atoms with van der Waals surface area (Å²) in [6, 6.07) is 24.2. The van der Waals surface area contributed by atoms with Crippen molar-refractivity contribution in [3.8, 4) is 22.5 Å². The number of nitrogens with zero attached hydrogens (tertiary/aromatic N) is 4. The minimum absolute atomic E-state index is 0.664. The van der Waals surface area contributed by atoms with Gasteiger partial charge in [0.05, 0.1) is 11.4 Å². The molecule has 28 heavy (non-hydrogen) atoms. The largest absolute Gasteiger partial charge is 0.308 e. The quantitative estimate of drug-likeness (QED) is 0.477. The number of H-pyrrole nitrogens is 1. The zero-order valence-corrected chi connectivity index (χ0v) is 15.3. The Bertz CT molecular complexity index is 1240. The molecule has 0 unspecified atom stereocenters. The molecule has 5 rings (SSSR count). The summed E-state index contributed by atoms with van der Waals surface area (Å²) < 4.78 is 1.96. The van der Waals surface area contributed by atoms with Crippen LogP contribution in [0.4, 0.5) is 11.8 Å². The van der Waals surface area contributed by atoms with Crippen LogP contribution in [0.25, 0.3) is 28.2 Å². The lowest BCUT2D eigenvalue weighted by atomic mass is 10.1. The normalized spacial score (nSPS) is 11.0. The highest BCUT2D eigenvalue weighted by Crippen LogP contribution is 2.26. The first kappa shape index (κ1) is 16.3. The number of hydrogen-bond acceptors (Lipinski definition) is 4. The van der Waals surface area contributed by atoms with E-state index in [1.54, 1.807) is 0 Å². The molecule has 0 aliphatic carbocycles. The number of aromatic nitrogens is 5. The van der Waals surface area contributed by atoms with Crippen molar-refractivity contribution >= 4 is 17.4 Å². The van der Waals surface area contributed by atoms with Crippen molar-refractivity contribution in [2.24, 2.45) is 0 Å². The van der Waals surface area contributed by atoms with Crippen LogP contribution in [0, 0.1) is 6.92 Å². The van der Waals surface area contributed by atoms with Crippen LogP contribution >= 0.6 is 0 Å². The molecule has 2 N–H and O–H groups in total. The Balaban J connectivity index is 1.68. The third kappa shape index (κ3) is 3.01. The molecule has 0 aliphatic rings. The van der Waals surface area contributed by atoms with Crippen LogP contribution < -0.4 is 5.32 Å². The van der Waals surface area contributed by atoms with Gasteiger partial charge in [0, 0.05) is 35.2 Å². The summed E-state index contributed by atoms with van der Waals surface area (Å²) in [4.78, 5) is 9.67. The topological polar surface area (TPSA) is 70.9 Å². The zero-order valence-electron chi connectivity index (χ0n) is 15.3. The van der Waals surface area contributed by atoms with Crippen molar-refractivity contribution in [3.63, 3.8) is 0 Å². The molecule has 0 fully saturated rings. The summed E-state index contributed by atoms with van der Waals surface area (Å²) in [6.45, 7) is 1.96. The van der Waals surface area contributed by atoms with Gasteiger partial charge in [-0.3, -0.25) is 9.50 Å². The molecule has 3 aromatic heterocycles. The number of nitrogens with one attached hydrogen (secondary N) is 2. The molecular formula is C22H18N6. The highest BCUT2D eigenvalue weighted by Gasteiger charge is 2.13. The standard InChI is InChI=1S/C22H18N6/c1-15-12-20(27-26-15)25-22-24-18(16-8-4-2-5-9-16)13-21-23-19(14-28(21)22)17-10-6-3-7-11-17/h2-14H,1H3,(H2,24,25,26,27). The van der Waals surface area contributed by atoms with E-state index in [4.69, 9.17) is 9.97 Å². The molecule has 0 spiro atoms. The monoisotopic (exact) mass is 366 g/mol. The van der Waals surface area contributed by atoms with Gasteiger partial charge in [-0.25, -0.2) is 9.97 Å². The van der Waals surface area contributed by atoms with Crippen molar-refractivity contribution in [2.45, 2.75) is 6.92 Å². The maximum absolute atomic E-state index is 4.84. The fraction of sp³-hybridized carbons (Fsp3) is 0.0455. The lowest BCUT2D eigenvalue weighted by Crippen LogP contribution is -2.02. The van der Waals surface area contributed by atoms with Crippen LogP contribution in [-0.2, 0) is 0 Å². The average Bonchev–Trinajstić information content (AvgIpc) is 3.35. The van der Waals surface area contributed by atoms with Gasteiger partial charge >= 0.3 is 0 Å². The second-order valence-corrected chi connectivity index (χ2v) is 6.61. The highest BCUT2D eigenvalue weighted by molar-refractivity contribution is 5.71. The van der Waals surface area contributed by atoms with Gasteiger partial charge in [-0.15, -0.1) is 0 Å². The van der Waals surface area contributed by atoms with Crippen LogP contribution in [0.1, 0.15) is 5.69 Å². The van der Waals surface area contributed by atoms with E-state index in [-0.39, 0.29) is 0 Å². The van der Waals surface area contributed by atoms with Gasteiger partial charge in [0.25, 0.3) is 0 Å². The van der Waals surface area contributed by atoms with Crippen molar-refractivity contribution < 1.29 is 0 Å². The Morgan fingerprint density at radius 3 is 2.14 bits per heavy atom. The molecule has 0 amide bonds. The smallest absolute Gasteiger partial charge is 0.215 e. The first-order valence-electron chi connectivity index (χ1n) is 9.06. The van der Waals surface area contributed by atoms with E-state index < -0.39 is 0 Å². The van der Waals surface area contributed by atoms with E-state index in [2.05, 4.69) is 27.6 Å². The second kappa shape index (κ2) is 6.66. The number of fused-ring (bicyclic) bond motifs is 1. The van der Waals surface area contributed by atoms with Gasteiger partial charge in [-0.05, 0) is 6.92 Å². The van der Waals surface area contributed by atoms with Crippen molar-refractivity contribution in [3.05, 3.63) is 84.7 Å². The van der Waals surface area contributed by atoms with Gasteiger partial charge in [-0.1, -0.05) is 60.7 Å². The Kier molecular flexibility index (Phi) is 3.87. The first-order chi connectivity index (χ1) is 13.8. The maximum atomic E-state index is 4.84. The molecule has 3 heterocycles. The molecule has 0 saturated carbocycles. The summed E-state index contributed by atoms with van der Waals surface area (Å²) in [6.07, 6.45) is 1.99. The number of aryl methyl sites for hydroxylation is 1. The molecule has 5 aromatic rings. The van der Waals surface area contributed by atoms with E-state index in [9.17, 15) is 0 Å². The molecule has 0 atom stereocenters. The predicted molar refractivity (Wildman–Crippen MR) is 110 cm³/mol.